The normalized spacial score (nSPS) is 10.5. The molecular formula is C18H24N4O2. The third-order valence-corrected chi connectivity index (χ3v) is 3.59. The summed E-state index contributed by atoms with van der Waals surface area (Å²) in [6.45, 7) is 7.17. The first-order valence-corrected chi connectivity index (χ1v) is 8.28. The van der Waals surface area contributed by atoms with Gasteiger partial charge in [0.1, 0.15) is 5.69 Å². The number of carbonyl (C=O) groups is 1. The number of nitrogens with one attached hydrogen (secondary N) is 1. The van der Waals surface area contributed by atoms with Gasteiger partial charge in [-0.1, -0.05) is 32.0 Å². The summed E-state index contributed by atoms with van der Waals surface area (Å²) in [5.74, 6) is -0.271. The van der Waals surface area contributed by atoms with Crippen LogP contribution in [0.2, 0.25) is 0 Å². The minimum Gasteiger partial charge on any atom is -0.368 e. The highest BCUT2D eigenvalue weighted by molar-refractivity contribution is 5.92. The Hall–Kier alpha value is -2.63. The van der Waals surface area contributed by atoms with Crippen LogP contribution in [0.25, 0.3) is 5.69 Å². The summed E-state index contributed by atoms with van der Waals surface area (Å²) in [4.78, 5) is 26.6. The Morgan fingerprint density at radius 2 is 1.79 bits per heavy atom. The van der Waals surface area contributed by atoms with Crippen molar-refractivity contribution in [3.8, 4) is 5.69 Å². The summed E-state index contributed by atoms with van der Waals surface area (Å²) < 4.78 is 1.31. The van der Waals surface area contributed by atoms with E-state index in [-0.39, 0.29) is 17.2 Å². The molecule has 24 heavy (non-hydrogen) atoms. The van der Waals surface area contributed by atoms with Crippen LogP contribution in [0.1, 0.15) is 33.6 Å². The number of nitrogens with zero attached hydrogens (tertiary/aromatic N) is 3. The van der Waals surface area contributed by atoms with Gasteiger partial charge in [-0.3, -0.25) is 9.59 Å². The number of benzene rings is 1. The predicted octanol–water partition coefficient (Wildman–Crippen LogP) is 2.82. The summed E-state index contributed by atoms with van der Waals surface area (Å²) in [7, 11) is 0. The molecule has 0 spiro atoms. The Morgan fingerprint density at radius 1 is 1.17 bits per heavy atom. The van der Waals surface area contributed by atoms with Crippen molar-refractivity contribution in [2.75, 3.05) is 23.3 Å². The molecule has 6 nitrogen and oxygen atoms in total. The van der Waals surface area contributed by atoms with Crippen molar-refractivity contribution in [3.63, 3.8) is 0 Å². The molecule has 0 atom stereocenters. The van der Waals surface area contributed by atoms with Crippen molar-refractivity contribution >= 4 is 17.3 Å². The molecule has 0 unspecified atom stereocenters. The molecule has 1 aromatic heterocycles. The van der Waals surface area contributed by atoms with E-state index in [2.05, 4.69) is 29.2 Å². The van der Waals surface area contributed by atoms with E-state index in [9.17, 15) is 9.59 Å². The standard InChI is InChI=1S/C18H24N4O2/c1-4-11-21(12-5-2)16-13-19-22(15-9-7-6-8-10-15)18(24)17(16)20-14(3)23/h6-10,13H,4-5,11-12H2,1-3H3,(H,20,23). The van der Waals surface area contributed by atoms with Crippen molar-refractivity contribution < 1.29 is 4.79 Å². The molecule has 1 aromatic carbocycles. The molecule has 1 amide bonds. The topological polar surface area (TPSA) is 67.2 Å². The molecule has 0 fully saturated rings. The number of amides is 1. The lowest BCUT2D eigenvalue weighted by Gasteiger charge is -2.25. The van der Waals surface area contributed by atoms with Crippen molar-refractivity contribution in [3.05, 3.63) is 46.9 Å². The van der Waals surface area contributed by atoms with Gasteiger partial charge in [0, 0.05) is 20.0 Å². The number of hydrogen-bond donors (Lipinski definition) is 1. The summed E-state index contributed by atoms with van der Waals surface area (Å²) in [6, 6.07) is 9.18. The molecule has 2 rings (SSSR count). The van der Waals surface area contributed by atoms with E-state index < -0.39 is 0 Å². The zero-order valence-electron chi connectivity index (χ0n) is 14.5. The molecule has 1 heterocycles. The fraction of sp³-hybridized carbons (Fsp3) is 0.389. The Morgan fingerprint density at radius 3 is 2.33 bits per heavy atom. The van der Waals surface area contributed by atoms with Crippen molar-refractivity contribution in [2.24, 2.45) is 0 Å². The van der Waals surface area contributed by atoms with Crippen LogP contribution < -0.4 is 15.8 Å². The van der Waals surface area contributed by atoms with Crippen molar-refractivity contribution in [1.29, 1.82) is 0 Å². The SMILES string of the molecule is CCCN(CCC)c1cnn(-c2ccccc2)c(=O)c1NC(C)=O. The predicted molar refractivity (Wildman–Crippen MR) is 96.9 cm³/mol. The number of hydrogen-bond acceptors (Lipinski definition) is 4. The molecule has 1 N–H and O–H groups in total. The second kappa shape index (κ2) is 8.29. The molecule has 128 valence electrons. The molecule has 2 aromatic rings. The van der Waals surface area contributed by atoms with E-state index in [1.807, 2.05) is 30.3 Å². The average molecular weight is 328 g/mol. The van der Waals surface area contributed by atoms with Crippen LogP contribution in [-0.2, 0) is 4.79 Å². The monoisotopic (exact) mass is 328 g/mol. The second-order valence-electron chi connectivity index (χ2n) is 5.63. The van der Waals surface area contributed by atoms with E-state index >= 15 is 0 Å². The van der Waals surface area contributed by atoms with E-state index in [0.717, 1.165) is 25.9 Å². The number of para-hydroxylation sites is 1. The maximum atomic E-state index is 12.9. The van der Waals surface area contributed by atoms with Gasteiger partial charge in [-0.25, -0.2) is 0 Å². The van der Waals surface area contributed by atoms with Crippen molar-refractivity contribution in [2.45, 2.75) is 33.6 Å². The van der Waals surface area contributed by atoms with E-state index in [0.29, 0.717) is 11.4 Å². The Bertz CT molecular complexity index is 734. The average Bonchev–Trinajstić information content (AvgIpc) is 2.57. The number of aromatic nitrogens is 2. The van der Waals surface area contributed by atoms with Gasteiger partial charge in [-0.15, -0.1) is 0 Å². The lowest BCUT2D eigenvalue weighted by molar-refractivity contribution is -0.114. The lowest BCUT2D eigenvalue weighted by atomic mass is 10.2. The second-order valence-corrected chi connectivity index (χ2v) is 5.63. The van der Waals surface area contributed by atoms with Gasteiger partial charge >= 0.3 is 0 Å². The van der Waals surface area contributed by atoms with Crippen molar-refractivity contribution in [1.82, 2.24) is 9.78 Å². The van der Waals surface area contributed by atoms with Crippen LogP contribution in [0.4, 0.5) is 11.4 Å². The van der Waals surface area contributed by atoms with Gasteiger partial charge in [0.2, 0.25) is 5.91 Å². The molecule has 0 aliphatic carbocycles. The summed E-state index contributed by atoms with van der Waals surface area (Å²) in [5.41, 5.74) is 1.29. The highest BCUT2D eigenvalue weighted by Crippen LogP contribution is 2.22. The largest absolute Gasteiger partial charge is 0.368 e. The highest BCUT2D eigenvalue weighted by Gasteiger charge is 2.18. The summed E-state index contributed by atoms with van der Waals surface area (Å²) >= 11 is 0. The fourth-order valence-electron chi connectivity index (χ4n) is 2.62. The van der Waals surface area contributed by atoms with Crippen LogP contribution in [-0.4, -0.2) is 28.8 Å². The van der Waals surface area contributed by atoms with Crippen LogP contribution in [0.3, 0.4) is 0 Å². The van der Waals surface area contributed by atoms with Crippen LogP contribution in [0.5, 0.6) is 0 Å². The maximum absolute atomic E-state index is 12.9. The quantitative estimate of drug-likeness (QED) is 0.849. The summed E-state index contributed by atoms with van der Waals surface area (Å²) in [5, 5.41) is 7.01. The Labute approximate surface area is 142 Å². The minimum atomic E-state index is -0.328. The molecule has 0 saturated carbocycles. The van der Waals surface area contributed by atoms with Gasteiger partial charge in [0.05, 0.1) is 17.6 Å². The van der Waals surface area contributed by atoms with Crippen LogP contribution >= 0.6 is 0 Å². The molecular weight excluding hydrogens is 304 g/mol. The minimum absolute atomic E-state index is 0.271. The summed E-state index contributed by atoms with van der Waals surface area (Å²) in [6.07, 6.45) is 3.55. The van der Waals surface area contributed by atoms with Gasteiger partial charge in [-0.05, 0) is 25.0 Å². The first kappa shape index (κ1) is 17.7. The molecule has 0 aliphatic heterocycles. The van der Waals surface area contributed by atoms with Crippen LogP contribution in [0.15, 0.2) is 41.3 Å². The zero-order valence-corrected chi connectivity index (χ0v) is 14.5. The van der Waals surface area contributed by atoms with E-state index in [1.54, 1.807) is 6.20 Å². The Kier molecular flexibility index (Phi) is 6.12. The number of carbonyl (C=O) groups excluding carboxylic acids is 1. The zero-order chi connectivity index (χ0) is 17.5. The third kappa shape index (κ3) is 4.01. The van der Waals surface area contributed by atoms with E-state index in [4.69, 9.17) is 0 Å². The molecule has 0 radical (unpaired) electrons. The number of anilines is 2. The Balaban J connectivity index is 2.58. The van der Waals surface area contributed by atoms with Gasteiger partial charge in [-0.2, -0.15) is 9.78 Å². The fourth-order valence-corrected chi connectivity index (χ4v) is 2.62. The van der Waals surface area contributed by atoms with Gasteiger partial charge < -0.3 is 10.2 Å². The smallest absolute Gasteiger partial charge is 0.297 e. The first-order chi connectivity index (χ1) is 11.6. The lowest BCUT2D eigenvalue weighted by Crippen LogP contribution is -2.32. The highest BCUT2D eigenvalue weighted by atomic mass is 16.2. The molecule has 0 bridgehead atoms. The van der Waals surface area contributed by atoms with E-state index in [1.165, 1.54) is 11.6 Å². The van der Waals surface area contributed by atoms with Crippen LogP contribution in [0, 0.1) is 0 Å². The molecule has 6 heteroatoms. The van der Waals surface area contributed by atoms with Gasteiger partial charge in [0.25, 0.3) is 5.56 Å². The first-order valence-electron chi connectivity index (χ1n) is 8.28. The number of rotatable bonds is 7. The third-order valence-electron chi connectivity index (χ3n) is 3.59. The van der Waals surface area contributed by atoms with Gasteiger partial charge in [0.15, 0.2) is 0 Å². The molecule has 0 saturated heterocycles. The maximum Gasteiger partial charge on any atom is 0.297 e. The molecule has 0 aliphatic rings.